The lowest BCUT2D eigenvalue weighted by Crippen LogP contribution is -2.30. The van der Waals surface area contributed by atoms with E-state index in [1.807, 2.05) is 42.2 Å². The summed E-state index contributed by atoms with van der Waals surface area (Å²) in [6.45, 7) is 6.28. The van der Waals surface area contributed by atoms with Crippen molar-refractivity contribution in [3.8, 4) is 11.5 Å². The molecule has 2 aromatic carbocycles. The predicted octanol–water partition coefficient (Wildman–Crippen LogP) is 4.99. The lowest BCUT2D eigenvalue weighted by molar-refractivity contribution is -0.117. The van der Waals surface area contributed by atoms with Crippen LogP contribution in [0.1, 0.15) is 43.2 Å². The molecular formula is C21H25NO3S. The molecule has 1 aliphatic heterocycles. The molecule has 138 valence electrons. The SMILES string of the molecule is COc1ccc(OC)c([C@H]2S[C@H](C)C(=O)N2c2ccc(C(C)C)cc2)c1. The first-order chi connectivity index (χ1) is 12.5. The number of rotatable bonds is 5. The molecule has 2 atom stereocenters. The first-order valence-electron chi connectivity index (χ1n) is 8.76. The fourth-order valence-electron chi connectivity index (χ4n) is 3.15. The van der Waals surface area contributed by atoms with E-state index in [0.717, 1.165) is 22.7 Å². The summed E-state index contributed by atoms with van der Waals surface area (Å²) in [6, 6.07) is 14.0. The van der Waals surface area contributed by atoms with Gasteiger partial charge in [-0.2, -0.15) is 0 Å². The van der Waals surface area contributed by atoms with E-state index in [0.29, 0.717) is 5.92 Å². The van der Waals surface area contributed by atoms with Gasteiger partial charge in [-0.1, -0.05) is 26.0 Å². The van der Waals surface area contributed by atoms with Gasteiger partial charge in [0.25, 0.3) is 0 Å². The van der Waals surface area contributed by atoms with Crippen molar-refractivity contribution in [3.63, 3.8) is 0 Å². The number of amides is 1. The first-order valence-corrected chi connectivity index (χ1v) is 9.71. The monoisotopic (exact) mass is 371 g/mol. The van der Waals surface area contributed by atoms with Crippen molar-refractivity contribution in [2.24, 2.45) is 0 Å². The summed E-state index contributed by atoms with van der Waals surface area (Å²) >= 11 is 1.63. The number of benzene rings is 2. The van der Waals surface area contributed by atoms with Crippen LogP contribution in [0, 0.1) is 0 Å². The lowest BCUT2D eigenvalue weighted by atomic mass is 10.0. The van der Waals surface area contributed by atoms with Crippen LogP contribution in [0.2, 0.25) is 0 Å². The number of thioether (sulfide) groups is 1. The molecule has 0 aromatic heterocycles. The Morgan fingerprint density at radius 1 is 1.04 bits per heavy atom. The van der Waals surface area contributed by atoms with Crippen molar-refractivity contribution in [2.45, 2.75) is 37.3 Å². The van der Waals surface area contributed by atoms with Gasteiger partial charge in [0.15, 0.2) is 0 Å². The highest BCUT2D eigenvalue weighted by atomic mass is 32.2. The number of anilines is 1. The van der Waals surface area contributed by atoms with Crippen molar-refractivity contribution < 1.29 is 14.3 Å². The molecule has 26 heavy (non-hydrogen) atoms. The maximum atomic E-state index is 12.9. The van der Waals surface area contributed by atoms with Crippen molar-refractivity contribution >= 4 is 23.4 Å². The minimum atomic E-state index is -0.146. The molecule has 5 heteroatoms. The number of hydrogen-bond donors (Lipinski definition) is 0. The van der Waals surface area contributed by atoms with Gasteiger partial charge in [-0.25, -0.2) is 0 Å². The van der Waals surface area contributed by atoms with Crippen molar-refractivity contribution in [2.75, 3.05) is 19.1 Å². The van der Waals surface area contributed by atoms with E-state index in [4.69, 9.17) is 9.47 Å². The zero-order valence-electron chi connectivity index (χ0n) is 15.9. The molecule has 0 unspecified atom stereocenters. The fraction of sp³-hybridized carbons (Fsp3) is 0.381. The van der Waals surface area contributed by atoms with Crippen LogP contribution in [0.5, 0.6) is 11.5 Å². The molecule has 0 radical (unpaired) electrons. The largest absolute Gasteiger partial charge is 0.497 e. The van der Waals surface area contributed by atoms with E-state index in [2.05, 4.69) is 26.0 Å². The first kappa shape index (κ1) is 18.6. The van der Waals surface area contributed by atoms with Gasteiger partial charge in [0.2, 0.25) is 5.91 Å². The minimum absolute atomic E-state index is 0.110. The summed E-state index contributed by atoms with van der Waals surface area (Å²) in [4.78, 5) is 14.8. The van der Waals surface area contributed by atoms with Crippen LogP contribution in [-0.4, -0.2) is 25.4 Å². The van der Waals surface area contributed by atoms with Crippen LogP contribution < -0.4 is 14.4 Å². The molecule has 1 fully saturated rings. The highest BCUT2D eigenvalue weighted by Crippen LogP contribution is 2.48. The van der Waals surface area contributed by atoms with Gasteiger partial charge < -0.3 is 9.47 Å². The molecule has 2 aromatic rings. The lowest BCUT2D eigenvalue weighted by Gasteiger charge is -2.26. The Morgan fingerprint density at radius 3 is 2.31 bits per heavy atom. The van der Waals surface area contributed by atoms with Crippen LogP contribution in [-0.2, 0) is 4.79 Å². The second-order valence-electron chi connectivity index (χ2n) is 6.69. The van der Waals surface area contributed by atoms with E-state index in [-0.39, 0.29) is 16.5 Å². The van der Waals surface area contributed by atoms with Crippen molar-refractivity contribution in [1.29, 1.82) is 0 Å². The molecule has 0 bridgehead atoms. The average Bonchev–Trinajstić information content (AvgIpc) is 2.96. The van der Waals surface area contributed by atoms with Crippen molar-refractivity contribution in [3.05, 3.63) is 53.6 Å². The van der Waals surface area contributed by atoms with E-state index in [9.17, 15) is 4.79 Å². The smallest absolute Gasteiger partial charge is 0.241 e. The van der Waals surface area contributed by atoms with Crippen LogP contribution >= 0.6 is 11.8 Å². The van der Waals surface area contributed by atoms with Gasteiger partial charge >= 0.3 is 0 Å². The number of hydrogen-bond acceptors (Lipinski definition) is 4. The van der Waals surface area contributed by atoms with Gasteiger partial charge in [-0.05, 0) is 48.7 Å². The Labute approximate surface area is 159 Å². The summed E-state index contributed by atoms with van der Waals surface area (Å²) < 4.78 is 10.9. The minimum Gasteiger partial charge on any atom is -0.497 e. The molecule has 1 heterocycles. The zero-order chi connectivity index (χ0) is 18.8. The van der Waals surface area contributed by atoms with Crippen molar-refractivity contribution in [1.82, 2.24) is 0 Å². The molecule has 1 saturated heterocycles. The van der Waals surface area contributed by atoms with E-state index >= 15 is 0 Å². The quantitative estimate of drug-likeness (QED) is 0.742. The number of carbonyl (C=O) groups is 1. The van der Waals surface area contributed by atoms with Crippen LogP contribution in [0.25, 0.3) is 0 Å². The van der Waals surface area contributed by atoms with Gasteiger partial charge in [0, 0.05) is 11.3 Å². The third-order valence-electron chi connectivity index (χ3n) is 4.69. The average molecular weight is 372 g/mol. The molecule has 0 aliphatic carbocycles. The maximum absolute atomic E-state index is 12.9. The van der Waals surface area contributed by atoms with Gasteiger partial charge in [-0.3, -0.25) is 9.69 Å². The third-order valence-corrected chi connectivity index (χ3v) is 6.03. The fourth-order valence-corrected chi connectivity index (χ4v) is 4.45. The van der Waals surface area contributed by atoms with Crippen LogP contribution in [0.4, 0.5) is 5.69 Å². The Hall–Kier alpha value is -2.14. The van der Waals surface area contributed by atoms with Gasteiger partial charge in [-0.15, -0.1) is 11.8 Å². The number of ether oxygens (including phenoxy) is 2. The Kier molecular flexibility index (Phi) is 5.47. The van der Waals surface area contributed by atoms with Gasteiger partial charge in [0.1, 0.15) is 16.9 Å². The molecule has 0 spiro atoms. The number of carbonyl (C=O) groups excluding carboxylic acids is 1. The van der Waals surface area contributed by atoms with Crippen LogP contribution in [0.3, 0.4) is 0 Å². The highest BCUT2D eigenvalue weighted by molar-refractivity contribution is 8.01. The summed E-state index contributed by atoms with van der Waals surface area (Å²) in [5.74, 6) is 2.08. The Morgan fingerprint density at radius 2 is 1.73 bits per heavy atom. The van der Waals surface area contributed by atoms with E-state index in [1.54, 1.807) is 26.0 Å². The normalized spacial score (nSPS) is 19.9. The molecule has 1 aliphatic rings. The molecular weight excluding hydrogens is 346 g/mol. The second-order valence-corrected chi connectivity index (χ2v) is 8.12. The highest BCUT2D eigenvalue weighted by Gasteiger charge is 2.40. The van der Waals surface area contributed by atoms with Crippen LogP contribution in [0.15, 0.2) is 42.5 Å². The molecule has 1 amide bonds. The van der Waals surface area contributed by atoms with E-state index < -0.39 is 0 Å². The predicted molar refractivity (Wildman–Crippen MR) is 107 cm³/mol. The maximum Gasteiger partial charge on any atom is 0.241 e. The molecule has 0 saturated carbocycles. The number of methoxy groups -OCH3 is 2. The summed E-state index contributed by atoms with van der Waals surface area (Å²) in [5, 5.41) is -0.256. The van der Waals surface area contributed by atoms with E-state index in [1.165, 1.54) is 5.56 Å². The molecule has 0 N–H and O–H groups in total. The Bertz CT molecular complexity index is 788. The molecule has 4 nitrogen and oxygen atoms in total. The second kappa shape index (κ2) is 7.62. The molecule has 3 rings (SSSR count). The summed E-state index contributed by atoms with van der Waals surface area (Å²) in [7, 11) is 3.29. The summed E-state index contributed by atoms with van der Waals surface area (Å²) in [5.41, 5.74) is 3.12. The third kappa shape index (κ3) is 3.40. The topological polar surface area (TPSA) is 38.8 Å². The summed E-state index contributed by atoms with van der Waals surface area (Å²) in [6.07, 6.45) is 0. The zero-order valence-corrected chi connectivity index (χ0v) is 16.7. The Balaban J connectivity index is 2.04. The number of nitrogens with zero attached hydrogens (tertiary/aromatic N) is 1. The van der Waals surface area contributed by atoms with Gasteiger partial charge in [0.05, 0.1) is 19.5 Å². The standard InChI is InChI=1S/C21H25NO3S/c1-13(2)15-6-8-16(9-7-15)22-20(23)14(3)26-21(22)18-12-17(24-4)10-11-19(18)25-5/h6-14,21H,1-5H3/t14-,21-/m1/s1.